The van der Waals surface area contributed by atoms with Crippen LogP contribution in [0, 0.1) is 0 Å². The molecule has 0 spiro atoms. The number of hydrogen-bond donors (Lipinski definition) is 1. The van der Waals surface area contributed by atoms with E-state index in [0.717, 1.165) is 5.56 Å². The molecule has 2 aromatic carbocycles. The Bertz CT molecular complexity index is 838. The van der Waals surface area contributed by atoms with Crippen molar-refractivity contribution in [1.82, 2.24) is 0 Å². The van der Waals surface area contributed by atoms with E-state index >= 15 is 0 Å². The fourth-order valence-corrected chi connectivity index (χ4v) is 3.63. The molecule has 0 saturated carbocycles. The Labute approximate surface area is 156 Å². The lowest BCUT2D eigenvalue weighted by atomic mass is 9.90. The molecule has 1 N–H and O–H groups in total. The minimum atomic E-state index is -1.90. The van der Waals surface area contributed by atoms with E-state index in [1.165, 1.54) is 17.9 Å². The fraction of sp³-hybridized carbons (Fsp3) is 0.263. The SMILES string of the molecule is CC(=O)CC1(O)C(=O)N(CCc2ccccc2)c2c1ccc(Cl)c2Cl. The largest absolute Gasteiger partial charge is 0.375 e. The molecule has 0 bridgehead atoms. The number of fused-ring (bicyclic) bond motifs is 1. The van der Waals surface area contributed by atoms with Gasteiger partial charge in [0.2, 0.25) is 0 Å². The summed E-state index contributed by atoms with van der Waals surface area (Å²) in [4.78, 5) is 26.0. The Morgan fingerprint density at radius 3 is 2.48 bits per heavy atom. The smallest absolute Gasteiger partial charge is 0.264 e. The standard InChI is InChI=1S/C19H17Cl2NO3/c1-12(23)11-19(25)14-7-8-15(20)16(21)17(14)22(18(19)24)10-9-13-5-3-2-4-6-13/h2-8,25H,9-11H2,1H3. The van der Waals surface area contributed by atoms with Gasteiger partial charge in [0, 0.05) is 18.5 Å². The Hall–Kier alpha value is -1.88. The van der Waals surface area contributed by atoms with E-state index in [2.05, 4.69) is 0 Å². The van der Waals surface area contributed by atoms with Crippen LogP contribution >= 0.6 is 23.2 Å². The zero-order chi connectivity index (χ0) is 18.2. The quantitative estimate of drug-likeness (QED) is 0.862. The summed E-state index contributed by atoms with van der Waals surface area (Å²) < 4.78 is 0. The summed E-state index contributed by atoms with van der Waals surface area (Å²) in [5.74, 6) is -0.824. The molecule has 1 amide bonds. The maximum atomic E-state index is 12.9. The number of rotatable bonds is 5. The summed E-state index contributed by atoms with van der Waals surface area (Å²) in [7, 11) is 0. The Balaban J connectivity index is 2.01. The Kier molecular flexibility index (Phi) is 4.87. The van der Waals surface area contributed by atoms with Crippen molar-refractivity contribution in [2.75, 3.05) is 11.4 Å². The van der Waals surface area contributed by atoms with Crippen molar-refractivity contribution in [3.05, 3.63) is 63.6 Å². The number of ketones is 1. The number of carbonyl (C=O) groups is 2. The number of halogens is 2. The van der Waals surface area contributed by atoms with Crippen molar-refractivity contribution in [2.45, 2.75) is 25.4 Å². The summed E-state index contributed by atoms with van der Waals surface area (Å²) in [6.07, 6.45) is 0.295. The van der Waals surface area contributed by atoms with Gasteiger partial charge in [0.05, 0.1) is 15.7 Å². The summed E-state index contributed by atoms with van der Waals surface area (Å²) in [6, 6.07) is 12.8. The third-order valence-corrected chi connectivity index (χ3v) is 5.15. The van der Waals surface area contributed by atoms with E-state index in [1.807, 2.05) is 30.3 Å². The molecule has 3 rings (SSSR count). The first-order valence-electron chi connectivity index (χ1n) is 7.91. The number of anilines is 1. The van der Waals surface area contributed by atoms with Gasteiger partial charge in [-0.2, -0.15) is 0 Å². The zero-order valence-corrected chi connectivity index (χ0v) is 15.1. The van der Waals surface area contributed by atoms with Gasteiger partial charge in [-0.05, 0) is 25.0 Å². The van der Waals surface area contributed by atoms with Crippen molar-refractivity contribution in [2.24, 2.45) is 0 Å². The molecule has 6 heteroatoms. The highest BCUT2D eigenvalue weighted by molar-refractivity contribution is 6.44. The number of nitrogens with zero attached hydrogens (tertiary/aromatic N) is 1. The monoisotopic (exact) mass is 377 g/mol. The van der Waals surface area contributed by atoms with Gasteiger partial charge in [-0.15, -0.1) is 0 Å². The van der Waals surface area contributed by atoms with E-state index in [1.54, 1.807) is 6.07 Å². The lowest BCUT2D eigenvalue weighted by Gasteiger charge is -2.22. The molecule has 0 fully saturated rings. The molecule has 1 unspecified atom stereocenters. The highest BCUT2D eigenvalue weighted by Crippen LogP contribution is 2.48. The second-order valence-electron chi connectivity index (χ2n) is 6.19. The van der Waals surface area contributed by atoms with E-state index in [9.17, 15) is 14.7 Å². The first-order valence-corrected chi connectivity index (χ1v) is 8.66. The van der Waals surface area contributed by atoms with Crippen molar-refractivity contribution in [3.63, 3.8) is 0 Å². The Morgan fingerprint density at radius 1 is 1.16 bits per heavy atom. The summed E-state index contributed by atoms with van der Waals surface area (Å²) in [5.41, 5.74) is -0.127. The topological polar surface area (TPSA) is 57.6 Å². The molecule has 0 aliphatic carbocycles. The van der Waals surface area contributed by atoms with Crippen LogP contribution in [-0.2, 0) is 21.6 Å². The molecule has 25 heavy (non-hydrogen) atoms. The number of hydrogen-bond acceptors (Lipinski definition) is 3. The van der Waals surface area contributed by atoms with Gasteiger partial charge in [-0.3, -0.25) is 9.59 Å². The van der Waals surface area contributed by atoms with Gasteiger partial charge in [-0.1, -0.05) is 59.6 Å². The molecule has 0 aromatic heterocycles. The molecule has 1 atom stereocenters. The maximum Gasteiger partial charge on any atom is 0.264 e. The van der Waals surface area contributed by atoms with Crippen LogP contribution in [0.4, 0.5) is 5.69 Å². The minimum absolute atomic E-state index is 0.208. The highest BCUT2D eigenvalue weighted by atomic mass is 35.5. The number of carbonyl (C=O) groups excluding carboxylic acids is 2. The van der Waals surface area contributed by atoms with Crippen LogP contribution < -0.4 is 4.90 Å². The van der Waals surface area contributed by atoms with Gasteiger partial charge in [0.1, 0.15) is 5.78 Å². The third kappa shape index (κ3) is 3.17. The molecule has 4 nitrogen and oxygen atoms in total. The average Bonchev–Trinajstić information content (AvgIpc) is 2.78. The molecule has 0 radical (unpaired) electrons. The summed E-state index contributed by atoms with van der Waals surface area (Å²) in [6.45, 7) is 1.67. The van der Waals surface area contributed by atoms with E-state index in [-0.39, 0.29) is 17.2 Å². The molecule has 0 saturated heterocycles. The number of Topliss-reactive ketones (excluding diaryl/α,β-unsaturated/α-hetero) is 1. The first-order chi connectivity index (χ1) is 11.8. The number of amides is 1. The minimum Gasteiger partial charge on any atom is -0.375 e. The van der Waals surface area contributed by atoms with E-state index in [0.29, 0.717) is 29.2 Å². The van der Waals surface area contributed by atoms with Crippen LogP contribution in [0.25, 0.3) is 0 Å². The lowest BCUT2D eigenvalue weighted by molar-refractivity contribution is -0.141. The Morgan fingerprint density at radius 2 is 1.84 bits per heavy atom. The van der Waals surface area contributed by atoms with Gasteiger partial charge in [0.15, 0.2) is 5.60 Å². The van der Waals surface area contributed by atoms with Crippen molar-refractivity contribution < 1.29 is 14.7 Å². The van der Waals surface area contributed by atoms with Crippen LogP contribution in [0.3, 0.4) is 0 Å². The van der Waals surface area contributed by atoms with Crippen LogP contribution in [0.15, 0.2) is 42.5 Å². The molecule has 130 valence electrons. The molecule has 1 aliphatic rings. The van der Waals surface area contributed by atoms with Gasteiger partial charge in [-0.25, -0.2) is 0 Å². The molecule has 1 heterocycles. The van der Waals surface area contributed by atoms with E-state index in [4.69, 9.17) is 23.2 Å². The first kappa shape index (κ1) is 17.9. The normalized spacial score (nSPS) is 19.2. The van der Waals surface area contributed by atoms with Crippen LogP contribution in [-0.4, -0.2) is 23.3 Å². The summed E-state index contributed by atoms with van der Waals surface area (Å²) in [5, 5.41) is 11.5. The third-order valence-electron chi connectivity index (χ3n) is 4.36. The zero-order valence-electron chi connectivity index (χ0n) is 13.6. The van der Waals surface area contributed by atoms with Gasteiger partial charge >= 0.3 is 0 Å². The highest BCUT2D eigenvalue weighted by Gasteiger charge is 2.51. The molecular formula is C19H17Cl2NO3. The van der Waals surface area contributed by atoms with Gasteiger partial charge in [0.25, 0.3) is 5.91 Å². The molecule has 1 aliphatic heterocycles. The molecule has 2 aromatic rings. The lowest BCUT2D eigenvalue weighted by Crippen LogP contribution is -2.42. The van der Waals surface area contributed by atoms with Gasteiger partial charge < -0.3 is 10.0 Å². The number of aliphatic hydroxyl groups is 1. The van der Waals surface area contributed by atoms with Crippen LogP contribution in [0.5, 0.6) is 0 Å². The predicted molar refractivity (Wildman–Crippen MR) is 98.2 cm³/mol. The van der Waals surface area contributed by atoms with Crippen molar-refractivity contribution in [1.29, 1.82) is 0 Å². The maximum absolute atomic E-state index is 12.9. The summed E-state index contributed by atoms with van der Waals surface area (Å²) >= 11 is 12.4. The second kappa shape index (κ2) is 6.79. The van der Waals surface area contributed by atoms with Crippen LogP contribution in [0.1, 0.15) is 24.5 Å². The van der Waals surface area contributed by atoms with E-state index < -0.39 is 11.5 Å². The average molecular weight is 378 g/mol. The van der Waals surface area contributed by atoms with Crippen molar-refractivity contribution in [3.8, 4) is 0 Å². The molecular weight excluding hydrogens is 361 g/mol. The van der Waals surface area contributed by atoms with Crippen molar-refractivity contribution >= 4 is 40.6 Å². The second-order valence-corrected chi connectivity index (χ2v) is 6.97. The van der Waals surface area contributed by atoms with Crippen LogP contribution in [0.2, 0.25) is 10.0 Å². The fourth-order valence-electron chi connectivity index (χ4n) is 3.21. The predicted octanol–water partition coefficient (Wildman–Crippen LogP) is 3.75. The number of benzene rings is 2.